The summed E-state index contributed by atoms with van der Waals surface area (Å²) in [5, 5.41) is 0. The summed E-state index contributed by atoms with van der Waals surface area (Å²) in [6.45, 7) is 5.03. The number of hydrogen-bond donors (Lipinski definition) is 1. The Labute approximate surface area is 193 Å². The van der Waals surface area contributed by atoms with Crippen LogP contribution < -0.4 is 11.4 Å². The van der Waals surface area contributed by atoms with Gasteiger partial charge in [-0.3, -0.25) is 14.2 Å². The van der Waals surface area contributed by atoms with Crippen molar-refractivity contribution >= 4 is 23.0 Å². The lowest BCUT2D eigenvalue weighted by molar-refractivity contribution is -0.143. The van der Waals surface area contributed by atoms with Crippen molar-refractivity contribution in [3.63, 3.8) is 0 Å². The molecule has 174 valence electrons. The zero-order valence-corrected chi connectivity index (χ0v) is 18.8. The van der Waals surface area contributed by atoms with Gasteiger partial charge in [0.15, 0.2) is 17.2 Å². The highest BCUT2D eigenvalue weighted by Gasteiger charge is 2.26. The van der Waals surface area contributed by atoms with E-state index in [1.165, 1.54) is 28.8 Å². The van der Waals surface area contributed by atoms with E-state index >= 15 is 0 Å². The van der Waals surface area contributed by atoms with Crippen molar-refractivity contribution in [1.82, 2.24) is 19.1 Å². The molecule has 0 atom stereocenters. The van der Waals surface area contributed by atoms with E-state index in [1.54, 1.807) is 6.92 Å². The summed E-state index contributed by atoms with van der Waals surface area (Å²) in [4.78, 5) is 47.2. The molecule has 0 unspecified atom stereocenters. The molecule has 0 spiro atoms. The maximum absolute atomic E-state index is 13.6. The number of aromatic nitrogens is 4. The lowest BCUT2D eigenvalue weighted by atomic mass is 10.0. The van der Waals surface area contributed by atoms with Crippen LogP contribution in [0.2, 0.25) is 0 Å². The molecule has 0 bridgehead atoms. The van der Waals surface area contributed by atoms with Gasteiger partial charge in [-0.1, -0.05) is 17.7 Å². The lowest BCUT2D eigenvalue weighted by Crippen LogP contribution is -2.28. The van der Waals surface area contributed by atoms with Crippen LogP contribution in [-0.4, -0.2) is 37.6 Å². The smallest absolute Gasteiger partial charge is 0.335 e. The second-order valence-electron chi connectivity index (χ2n) is 7.74. The van der Waals surface area contributed by atoms with E-state index in [2.05, 4.69) is 9.97 Å². The number of nitrogens with two attached hydrogens (primary N) is 1. The molecule has 0 aliphatic carbocycles. The molecule has 2 aromatic heterocycles. The minimum Gasteiger partial charge on any atom is -0.465 e. The van der Waals surface area contributed by atoms with Crippen LogP contribution in [0.1, 0.15) is 28.5 Å². The Morgan fingerprint density at radius 2 is 1.79 bits per heavy atom. The highest BCUT2D eigenvalue weighted by Crippen LogP contribution is 2.26. The number of carbonyl (C=O) groups excluding carboxylic acids is 2. The van der Waals surface area contributed by atoms with Crippen molar-refractivity contribution in [2.75, 3.05) is 6.61 Å². The van der Waals surface area contributed by atoms with Crippen molar-refractivity contribution in [2.45, 2.75) is 27.3 Å². The van der Waals surface area contributed by atoms with Gasteiger partial charge in [-0.15, -0.1) is 0 Å². The van der Waals surface area contributed by atoms with E-state index in [9.17, 15) is 18.8 Å². The van der Waals surface area contributed by atoms with Crippen LogP contribution in [0.5, 0.6) is 0 Å². The number of rotatable bonds is 6. The summed E-state index contributed by atoms with van der Waals surface area (Å²) in [5.74, 6) is -1.88. The first-order chi connectivity index (χ1) is 16.2. The number of aryl methyl sites for hydroxylation is 2. The summed E-state index contributed by atoms with van der Waals surface area (Å²) in [6.07, 6.45) is 0. The third kappa shape index (κ3) is 4.05. The van der Waals surface area contributed by atoms with Crippen LogP contribution in [0.15, 0.2) is 47.3 Å². The van der Waals surface area contributed by atoms with E-state index < -0.39 is 29.9 Å². The number of benzene rings is 2. The summed E-state index contributed by atoms with van der Waals surface area (Å²) in [6, 6.07) is 10.9. The standard InChI is InChI=1S/C24H22FN5O4/c1-4-34-18(31)12-29-20-19(21(26)32)27-22(17-11-13(2)5-6-14(17)3)28-23(20)30(24(29)33)16-9-7-15(25)8-10-16/h5-11H,4,12H2,1-3H3,(H2,26,32). The van der Waals surface area contributed by atoms with Crippen LogP contribution in [0, 0.1) is 19.7 Å². The summed E-state index contributed by atoms with van der Waals surface area (Å²) < 4.78 is 20.8. The normalized spacial score (nSPS) is 11.1. The van der Waals surface area contributed by atoms with Crippen LogP contribution in [0.25, 0.3) is 28.2 Å². The van der Waals surface area contributed by atoms with Crippen LogP contribution in [-0.2, 0) is 16.1 Å². The Morgan fingerprint density at radius 1 is 1.09 bits per heavy atom. The molecule has 0 aliphatic rings. The Morgan fingerprint density at radius 3 is 2.44 bits per heavy atom. The molecule has 34 heavy (non-hydrogen) atoms. The fourth-order valence-corrected chi connectivity index (χ4v) is 3.73. The second-order valence-corrected chi connectivity index (χ2v) is 7.74. The van der Waals surface area contributed by atoms with Gasteiger partial charge < -0.3 is 10.5 Å². The van der Waals surface area contributed by atoms with Crippen molar-refractivity contribution in [2.24, 2.45) is 5.73 Å². The highest BCUT2D eigenvalue weighted by molar-refractivity contribution is 6.02. The maximum Gasteiger partial charge on any atom is 0.335 e. The van der Waals surface area contributed by atoms with Crippen LogP contribution >= 0.6 is 0 Å². The van der Waals surface area contributed by atoms with E-state index in [0.717, 1.165) is 15.7 Å². The topological polar surface area (TPSA) is 122 Å². The van der Waals surface area contributed by atoms with Gasteiger partial charge in [-0.05, 0) is 56.7 Å². The Kier molecular flexibility index (Phi) is 5.97. The molecule has 0 fully saturated rings. The van der Waals surface area contributed by atoms with Gasteiger partial charge in [0.05, 0.1) is 12.3 Å². The molecule has 0 aliphatic heterocycles. The summed E-state index contributed by atoms with van der Waals surface area (Å²) >= 11 is 0. The first kappa shape index (κ1) is 22.8. The fraction of sp³-hybridized carbons (Fsp3) is 0.208. The van der Waals surface area contributed by atoms with Gasteiger partial charge in [-0.25, -0.2) is 23.7 Å². The van der Waals surface area contributed by atoms with Gasteiger partial charge in [-0.2, -0.15) is 0 Å². The molecule has 0 saturated heterocycles. The van der Waals surface area contributed by atoms with Gasteiger partial charge in [0.25, 0.3) is 5.91 Å². The van der Waals surface area contributed by atoms with Gasteiger partial charge in [0.2, 0.25) is 0 Å². The number of imidazole rings is 1. The predicted molar refractivity (Wildman–Crippen MR) is 123 cm³/mol. The minimum atomic E-state index is -0.896. The lowest BCUT2D eigenvalue weighted by Gasteiger charge is -2.10. The number of nitrogens with zero attached hydrogens (tertiary/aromatic N) is 4. The zero-order valence-electron chi connectivity index (χ0n) is 18.8. The molecule has 10 heteroatoms. The molecular weight excluding hydrogens is 441 g/mol. The third-order valence-corrected chi connectivity index (χ3v) is 5.31. The number of fused-ring (bicyclic) bond motifs is 1. The minimum absolute atomic E-state index is 0.0102. The van der Waals surface area contributed by atoms with Gasteiger partial charge >= 0.3 is 11.7 Å². The molecule has 2 N–H and O–H groups in total. The third-order valence-electron chi connectivity index (χ3n) is 5.31. The first-order valence-corrected chi connectivity index (χ1v) is 10.5. The largest absolute Gasteiger partial charge is 0.465 e. The van der Waals surface area contributed by atoms with E-state index in [4.69, 9.17) is 10.5 Å². The molecular formula is C24H22FN5O4. The van der Waals surface area contributed by atoms with Crippen LogP contribution in [0.3, 0.4) is 0 Å². The number of hydrogen-bond acceptors (Lipinski definition) is 6. The molecule has 2 heterocycles. The summed E-state index contributed by atoms with van der Waals surface area (Å²) in [5.41, 5.74) is 7.54. The first-order valence-electron chi connectivity index (χ1n) is 10.5. The number of ether oxygens (including phenoxy) is 1. The number of halogens is 1. The van der Waals surface area contributed by atoms with E-state index in [-0.39, 0.29) is 29.3 Å². The maximum atomic E-state index is 13.6. The van der Waals surface area contributed by atoms with Gasteiger partial charge in [0, 0.05) is 5.56 Å². The van der Waals surface area contributed by atoms with Crippen LogP contribution in [0.4, 0.5) is 4.39 Å². The monoisotopic (exact) mass is 463 g/mol. The average molecular weight is 463 g/mol. The van der Waals surface area contributed by atoms with E-state index in [0.29, 0.717) is 11.3 Å². The van der Waals surface area contributed by atoms with Gasteiger partial charge in [0.1, 0.15) is 17.9 Å². The van der Waals surface area contributed by atoms with Crippen molar-refractivity contribution in [3.8, 4) is 17.1 Å². The molecule has 4 rings (SSSR count). The Balaban J connectivity index is 2.11. The highest BCUT2D eigenvalue weighted by atomic mass is 19.1. The van der Waals surface area contributed by atoms with Crippen molar-refractivity contribution in [1.29, 1.82) is 0 Å². The predicted octanol–water partition coefficient (Wildman–Crippen LogP) is 2.67. The number of esters is 1. The molecule has 0 radical (unpaired) electrons. The Bertz CT molecular complexity index is 1490. The molecule has 1 amide bonds. The van der Waals surface area contributed by atoms with Crippen molar-refractivity contribution < 1.29 is 18.7 Å². The number of carbonyl (C=O) groups is 2. The number of amides is 1. The molecule has 4 aromatic rings. The zero-order chi connectivity index (χ0) is 24.6. The second kappa shape index (κ2) is 8.89. The van der Waals surface area contributed by atoms with Crippen molar-refractivity contribution in [3.05, 3.63) is 75.6 Å². The molecule has 9 nitrogen and oxygen atoms in total. The number of primary amides is 1. The quantitative estimate of drug-likeness (QED) is 0.439. The summed E-state index contributed by atoms with van der Waals surface area (Å²) in [7, 11) is 0. The van der Waals surface area contributed by atoms with E-state index in [1.807, 2.05) is 32.0 Å². The fourth-order valence-electron chi connectivity index (χ4n) is 3.73. The SMILES string of the molecule is CCOC(=O)Cn1c(=O)n(-c2ccc(F)cc2)c2nc(-c3cc(C)ccc3C)nc(C(N)=O)c21. The Hall–Kier alpha value is -4.34. The molecule has 0 saturated carbocycles. The average Bonchev–Trinajstić information content (AvgIpc) is 3.06. The molecule has 2 aromatic carbocycles.